The van der Waals surface area contributed by atoms with Crippen LogP contribution in [0.2, 0.25) is 5.02 Å². The zero-order valence-corrected chi connectivity index (χ0v) is 19.7. The molecule has 0 saturated heterocycles. The molecule has 1 heterocycles. The van der Waals surface area contributed by atoms with Gasteiger partial charge < -0.3 is 15.4 Å². The summed E-state index contributed by atoms with van der Waals surface area (Å²) in [5.74, 6) is -0.372. The monoisotopic (exact) mass is 473 g/mol. The molecule has 0 spiro atoms. The van der Waals surface area contributed by atoms with E-state index in [1.165, 1.54) is 12.1 Å². The molecule has 33 heavy (non-hydrogen) atoms. The normalized spacial score (nSPS) is 26.0. The molecule has 1 atom stereocenters. The van der Waals surface area contributed by atoms with Crippen molar-refractivity contribution >= 4 is 23.4 Å². The molecule has 3 fully saturated rings. The van der Waals surface area contributed by atoms with Crippen LogP contribution in [0.4, 0.5) is 4.39 Å². The van der Waals surface area contributed by atoms with Crippen molar-refractivity contribution < 1.29 is 18.7 Å². The molecule has 1 aromatic heterocycles. The first kappa shape index (κ1) is 23.5. The number of nitrogens with zero attached hydrogens (tertiary/aromatic N) is 1. The average Bonchev–Trinajstić information content (AvgIpc) is 2.80. The molecule has 2 N–H and O–H groups in total. The minimum atomic E-state index is -0.589. The molecule has 1 aromatic carbocycles. The van der Waals surface area contributed by atoms with Gasteiger partial charge in [0.1, 0.15) is 11.6 Å². The molecule has 176 valence electrons. The predicted molar refractivity (Wildman–Crippen MR) is 123 cm³/mol. The molecule has 3 aliphatic rings. The van der Waals surface area contributed by atoms with E-state index in [-0.39, 0.29) is 40.7 Å². The van der Waals surface area contributed by atoms with E-state index in [0.717, 1.165) is 49.4 Å². The number of benzene rings is 1. The fourth-order valence-corrected chi connectivity index (χ4v) is 5.39. The molecule has 6 nitrogen and oxygen atoms in total. The summed E-state index contributed by atoms with van der Waals surface area (Å²) < 4.78 is 19.0. The number of aromatic nitrogens is 1. The SMILES string of the molecule is Cc1ccc(CNC(=O)C23CCC(NC(=O)COc4ccc(Cl)c(F)c4)(CC2)CC3C)nc1. The standard InChI is InChI=1S/C25H29ClFN3O3/c1-16-3-4-18(28-13-16)14-29-23(32)25-9-7-24(8-10-25,12-17(25)2)30-22(31)15-33-19-5-6-20(26)21(27)11-19/h3-6,11,13,17H,7-10,12,14-15H2,1-2H3,(H,29,32)(H,30,31). The Morgan fingerprint density at radius 1 is 1.21 bits per heavy atom. The molecular formula is C25H29ClFN3O3. The first-order chi connectivity index (χ1) is 15.7. The molecule has 0 radical (unpaired) electrons. The van der Waals surface area contributed by atoms with Gasteiger partial charge in [0.2, 0.25) is 5.91 Å². The molecule has 0 aliphatic heterocycles. The highest BCUT2D eigenvalue weighted by atomic mass is 35.5. The van der Waals surface area contributed by atoms with E-state index in [2.05, 4.69) is 22.5 Å². The Kier molecular flexibility index (Phi) is 6.61. The molecule has 2 aromatic rings. The summed E-state index contributed by atoms with van der Waals surface area (Å²) in [4.78, 5) is 30.1. The summed E-state index contributed by atoms with van der Waals surface area (Å²) in [5, 5.41) is 6.23. The maximum atomic E-state index is 13.6. The fraction of sp³-hybridized carbons (Fsp3) is 0.480. The summed E-state index contributed by atoms with van der Waals surface area (Å²) >= 11 is 5.68. The molecule has 2 amide bonds. The Hall–Kier alpha value is -2.67. The lowest BCUT2D eigenvalue weighted by atomic mass is 9.52. The van der Waals surface area contributed by atoms with E-state index in [0.29, 0.717) is 6.54 Å². The van der Waals surface area contributed by atoms with Gasteiger partial charge in [-0.3, -0.25) is 14.6 Å². The van der Waals surface area contributed by atoms with Gasteiger partial charge in [-0.25, -0.2) is 4.39 Å². The number of ether oxygens (including phenoxy) is 1. The summed E-state index contributed by atoms with van der Waals surface area (Å²) in [7, 11) is 0. The Morgan fingerprint density at radius 3 is 2.61 bits per heavy atom. The molecule has 3 saturated carbocycles. The van der Waals surface area contributed by atoms with Crippen LogP contribution in [0.5, 0.6) is 5.75 Å². The van der Waals surface area contributed by atoms with Crippen molar-refractivity contribution in [2.24, 2.45) is 11.3 Å². The molecule has 3 aliphatic carbocycles. The second kappa shape index (κ2) is 9.29. The number of carbonyl (C=O) groups excluding carboxylic acids is 2. The molecular weight excluding hydrogens is 445 g/mol. The van der Waals surface area contributed by atoms with Gasteiger partial charge in [0.25, 0.3) is 5.91 Å². The van der Waals surface area contributed by atoms with Crippen molar-refractivity contribution in [1.29, 1.82) is 0 Å². The van der Waals surface area contributed by atoms with Gasteiger partial charge in [-0.2, -0.15) is 0 Å². The highest BCUT2D eigenvalue weighted by molar-refractivity contribution is 6.30. The van der Waals surface area contributed by atoms with E-state index >= 15 is 0 Å². The zero-order chi connectivity index (χ0) is 23.6. The van der Waals surface area contributed by atoms with Gasteiger partial charge in [0, 0.05) is 17.8 Å². The minimum absolute atomic E-state index is 0.00624. The first-order valence-corrected chi connectivity index (χ1v) is 11.7. The van der Waals surface area contributed by atoms with Crippen molar-refractivity contribution in [3.8, 4) is 5.75 Å². The Bertz CT molecular complexity index is 1040. The lowest BCUT2D eigenvalue weighted by molar-refractivity contribution is -0.146. The number of aryl methyl sites for hydroxylation is 1. The van der Waals surface area contributed by atoms with Gasteiger partial charge in [0.05, 0.1) is 22.7 Å². The Labute approximate surface area is 198 Å². The van der Waals surface area contributed by atoms with Crippen molar-refractivity contribution in [3.63, 3.8) is 0 Å². The van der Waals surface area contributed by atoms with Crippen LogP contribution in [0.1, 0.15) is 50.3 Å². The molecule has 1 unspecified atom stereocenters. The number of pyridine rings is 1. The van der Waals surface area contributed by atoms with E-state index < -0.39 is 11.2 Å². The van der Waals surface area contributed by atoms with Gasteiger partial charge in [-0.15, -0.1) is 0 Å². The van der Waals surface area contributed by atoms with E-state index in [1.54, 1.807) is 6.20 Å². The zero-order valence-electron chi connectivity index (χ0n) is 18.9. The predicted octanol–water partition coefficient (Wildman–Crippen LogP) is 4.33. The maximum Gasteiger partial charge on any atom is 0.258 e. The lowest BCUT2D eigenvalue weighted by Gasteiger charge is -2.56. The third kappa shape index (κ3) is 4.98. The van der Waals surface area contributed by atoms with Crippen LogP contribution in [-0.2, 0) is 16.1 Å². The second-order valence-corrected chi connectivity index (χ2v) is 9.87. The third-order valence-corrected chi connectivity index (χ3v) is 7.57. The van der Waals surface area contributed by atoms with Crippen molar-refractivity contribution in [3.05, 3.63) is 58.6 Å². The van der Waals surface area contributed by atoms with Crippen LogP contribution in [0.3, 0.4) is 0 Å². The third-order valence-electron chi connectivity index (χ3n) is 7.26. The molecule has 8 heteroatoms. The van der Waals surface area contributed by atoms with Crippen molar-refractivity contribution in [1.82, 2.24) is 15.6 Å². The summed E-state index contributed by atoms with van der Waals surface area (Å²) in [6.45, 7) is 4.29. The Morgan fingerprint density at radius 2 is 1.97 bits per heavy atom. The topological polar surface area (TPSA) is 80.3 Å². The van der Waals surface area contributed by atoms with E-state index in [9.17, 15) is 14.0 Å². The highest BCUT2D eigenvalue weighted by Crippen LogP contribution is 2.55. The number of hydrogen-bond donors (Lipinski definition) is 2. The fourth-order valence-electron chi connectivity index (χ4n) is 5.28. The quantitative estimate of drug-likeness (QED) is 0.627. The van der Waals surface area contributed by atoms with E-state index in [1.807, 2.05) is 19.1 Å². The van der Waals surface area contributed by atoms with Crippen LogP contribution in [0.25, 0.3) is 0 Å². The highest BCUT2D eigenvalue weighted by Gasteiger charge is 2.56. The summed E-state index contributed by atoms with van der Waals surface area (Å²) in [5.41, 5.74) is 1.19. The van der Waals surface area contributed by atoms with Gasteiger partial charge in [-0.05, 0) is 68.7 Å². The number of amides is 2. The Balaban J connectivity index is 1.31. The molecule has 5 rings (SSSR count). The van der Waals surface area contributed by atoms with Crippen LogP contribution >= 0.6 is 11.6 Å². The van der Waals surface area contributed by atoms with E-state index in [4.69, 9.17) is 16.3 Å². The van der Waals surface area contributed by atoms with Crippen molar-refractivity contribution in [2.45, 2.75) is 58.0 Å². The lowest BCUT2D eigenvalue weighted by Crippen LogP contribution is -2.63. The molecule has 2 bridgehead atoms. The number of carbonyl (C=O) groups is 2. The maximum absolute atomic E-state index is 13.6. The number of fused-ring (bicyclic) bond motifs is 3. The number of halogens is 2. The van der Waals surface area contributed by atoms with Gasteiger partial charge >= 0.3 is 0 Å². The van der Waals surface area contributed by atoms with Crippen LogP contribution in [0.15, 0.2) is 36.5 Å². The second-order valence-electron chi connectivity index (χ2n) is 9.46. The first-order valence-electron chi connectivity index (χ1n) is 11.3. The van der Waals surface area contributed by atoms with Gasteiger partial charge in [0.15, 0.2) is 6.61 Å². The van der Waals surface area contributed by atoms with Crippen LogP contribution < -0.4 is 15.4 Å². The van der Waals surface area contributed by atoms with Gasteiger partial charge in [-0.1, -0.05) is 24.6 Å². The average molecular weight is 474 g/mol. The number of rotatable bonds is 7. The van der Waals surface area contributed by atoms with Crippen molar-refractivity contribution in [2.75, 3.05) is 6.61 Å². The summed E-state index contributed by atoms with van der Waals surface area (Å²) in [6.07, 6.45) is 5.48. The van der Waals surface area contributed by atoms with Crippen LogP contribution in [-0.4, -0.2) is 28.9 Å². The number of nitrogens with one attached hydrogen (secondary N) is 2. The minimum Gasteiger partial charge on any atom is -0.484 e. The smallest absolute Gasteiger partial charge is 0.258 e. The van der Waals surface area contributed by atoms with Crippen LogP contribution in [0, 0.1) is 24.1 Å². The largest absolute Gasteiger partial charge is 0.484 e. The number of hydrogen-bond acceptors (Lipinski definition) is 4. The summed E-state index contributed by atoms with van der Waals surface area (Å²) in [6, 6.07) is 8.00.